The number of aromatic carboxylic acids is 1. The maximum atomic E-state index is 17.8. The first-order chi connectivity index (χ1) is 24.4. The number of halogens is 4. The Morgan fingerprint density at radius 1 is 0.902 bits per heavy atom. The summed E-state index contributed by atoms with van der Waals surface area (Å²) in [5.74, 6) is -2.73. The van der Waals surface area contributed by atoms with Crippen molar-refractivity contribution in [3.8, 4) is 16.9 Å². The van der Waals surface area contributed by atoms with Crippen molar-refractivity contribution in [1.29, 1.82) is 0 Å². The van der Waals surface area contributed by atoms with Crippen LogP contribution in [0.1, 0.15) is 64.6 Å². The molecular weight excluding hydrogens is 668 g/mol. The first kappa shape index (κ1) is 36.8. The van der Waals surface area contributed by atoms with E-state index in [2.05, 4.69) is 4.90 Å². The summed E-state index contributed by atoms with van der Waals surface area (Å²) < 4.78 is 76.1. The summed E-state index contributed by atoms with van der Waals surface area (Å²) in [6.45, 7) is 0.741. The van der Waals surface area contributed by atoms with Crippen LogP contribution in [0.15, 0.2) is 66.7 Å². The summed E-state index contributed by atoms with van der Waals surface area (Å²) >= 11 is 0. The third-order valence-corrected chi connectivity index (χ3v) is 11.1. The second-order valence-corrected chi connectivity index (χ2v) is 14.0. The number of ether oxygens (including phenoxy) is 3. The van der Waals surface area contributed by atoms with E-state index in [9.17, 15) is 27.9 Å². The Morgan fingerprint density at radius 2 is 1.59 bits per heavy atom. The number of methoxy groups -OCH3 is 3. The molecule has 2 saturated heterocycles. The number of hydrogen-bond acceptors (Lipinski definition) is 6. The van der Waals surface area contributed by atoms with Crippen molar-refractivity contribution < 1.29 is 46.5 Å². The molecule has 3 aromatic carbocycles. The van der Waals surface area contributed by atoms with Gasteiger partial charge in [-0.15, -0.1) is 0 Å². The van der Waals surface area contributed by atoms with Gasteiger partial charge in [-0.2, -0.15) is 13.2 Å². The Hall–Kier alpha value is -4.00. The van der Waals surface area contributed by atoms with Crippen LogP contribution in [-0.4, -0.2) is 98.7 Å². The molecule has 3 aromatic rings. The van der Waals surface area contributed by atoms with Crippen molar-refractivity contribution in [1.82, 2.24) is 9.80 Å². The van der Waals surface area contributed by atoms with Crippen molar-refractivity contribution in [3.05, 3.63) is 89.0 Å². The van der Waals surface area contributed by atoms with Crippen LogP contribution >= 0.6 is 0 Å². The molecule has 4 atom stereocenters. The summed E-state index contributed by atoms with van der Waals surface area (Å²) in [7, 11) is 4.77. The van der Waals surface area contributed by atoms with E-state index in [1.807, 2.05) is 0 Å². The third-order valence-electron chi connectivity index (χ3n) is 11.1. The molecule has 0 aromatic heterocycles. The highest BCUT2D eigenvalue weighted by Gasteiger charge is 2.57. The number of benzene rings is 3. The minimum atomic E-state index is -4.62. The Kier molecular flexibility index (Phi) is 10.8. The minimum Gasteiger partial charge on any atom is -0.497 e. The fourth-order valence-corrected chi connectivity index (χ4v) is 8.33. The number of carbonyl (C=O) groups is 2. The van der Waals surface area contributed by atoms with Gasteiger partial charge in [-0.25, -0.2) is 9.18 Å². The predicted octanol–water partition coefficient (Wildman–Crippen LogP) is 7.03. The highest BCUT2D eigenvalue weighted by molar-refractivity contribution is 5.89. The van der Waals surface area contributed by atoms with Crippen LogP contribution in [0.4, 0.5) is 17.6 Å². The van der Waals surface area contributed by atoms with Gasteiger partial charge in [-0.05, 0) is 84.3 Å². The van der Waals surface area contributed by atoms with Crippen molar-refractivity contribution in [2.75, 3.05) is 54.1 Å². The van der Waals surface area contributed by atoms with E-state index in [0.717, 1.165) is 37.8 Å². The zero-order valence-electron chi connectivity index (χ0n) is 29.0. The molecule has 0 unspecified atom stereocenters. The van der Waals surface area contributed by atoms with Gasteiger partial charge in [0.25, 0.3) is 5.91 Å². The van der Waals surface area contributed by atoms with Crippen molar-refractivity contribution in [2.45, 2.75) is 61.5 Å². The summed E-state index contributed by atoms with van der Waals surface area (Å²) in [4.78, 5) is 29.7. The fourth-order valence-electron chi connectivity index (χ4n) is 8.33. The standard InChI is InChI=1S/C39H44F4N2O6/c1-49-22-27-19-44(20-34(27)32-17-10-28(39(41,42)43)18-33(32)24-4-6-26(7-5-24)36(46)47)37(48)38(40)23-45(29-11-15-31(51-3)16-12-29)21-35(38)25-8-13-30(50-2)14-9-25/h4-10,13-14,17-18,27,29,31,34-35H,11-12,15-16,19-23H2,1-3H3,(H,46,47)/t27-,29?,31?,34+,35+,38+/m1/s1. The van der Waals surface area contributed by atoms with Gasteiger partial charge in [0.15, 0.2) is 0 Å². The van der Waals surface area contributed by atoms with E-state index in [1.165, 1.54) is 42.3 Å². The Balaban J connectivity index is 1.34. The molecule has 51 heavy (non-hydrogen) atoms. The highest BCUT2D eigenvalue weighted by Crippen LogP contribution is 2.47. The van der Waals surface area contributed by atoms with E-state index >= 15 is 4.39 Å². The molecule has 6 rings (SSSR count). The largest absolute Gasteiger partial charge is 0.497 e. The highest BCUT2D eigenvalue weighted by atomic mass is 19.4. The number of carboxylic acids is 1. The van der Waals surface area contributed by atoms with E-state index in [-0.39, 0.29) is 55.4 Å². The molecule has 3 aliphatic rings. The average molecular weight is 713 g/mol. The van der Waals surface area contributed by atoms with Crippen molar-refractivity contribution >= 4 is 11.9 Å². The van der Waals surface area contributed by atoms with Crippen LogP contribution in [0.3, 0.4) is 0 Å². The van der Waals surface area contributed by atoms with Crippen LogP contribution in [-0.2, 0) is 20.4 Å². The molecule has 3 fully saturated rings. The number of likely N-dealkylation sites (tertiary alicyclic amines) is 2. The topological polar surface area (TPSA) is 88.5 Å². The molecular formula is C39H44F4N2O6. The van der Waals surface area contributed by atoms with Gasteiger partial charge in [0.1, 0.15) is 5.75 Å². The zero-order chi connectivity index (χ0) is 36.5. The lowest BCUT2D eigenvalue weighted by atomic mass is 9.83. The van der Waals surface area contributed by atoms with Gasteiger partial charge in [-0.3, -0.25) is 9.69 Å². The number of carboxylic acid groups (broad SMARTS) is 1. The number of rotatable bonds is 10. The van der Waals surface area contributed by atoms with Crippen molar-refractivity contribution in [3.63, 3.8) is 0 Å². The zero-order valence-corrected chi connectivity index (χ0v) is 29.0. The molecule has 274 valence electrons. The fraction of sp³-hybridized carbons (Fsp3) is 0.487. The first-order valence-electron chi connectivity index (χ1n) is 17.3. The van der Waals surface area contributed by atoms with Gasteiger partial charge in [0.05, 0.1) is 30.9 Å². The van der Waals surface area contributed by atoms with Gasteiger partial charge >= 0.3 is 12.1 Å². The molecule has 1 N–H and O–H groups in total. The SMILES string of the molecule is COC[C@H]1CN(C(=O)[C@]2(F)CN(C3CCC(OC)CC3)C[C@H]2c2ccc(OC)cc2)C[C@@H]1c1ccc(C(F)(F)F)cc1-c1ccc(C(=O)O)cc1. The Bertz CT molecular complexity index is 1690. The molecule has 1 aliphatic carbocycles. The van der Waals surface area contributed by atoms with Crippen molar-refractivity contribution in [2.24, 2.45) is 5.92 Å². The molecule has 1 saturated carbocycles. The third kappa shape index (κ3) is 7.50. The number of carbonyl (C=O) groups excluding carboxylic acids is 1. The van der Waals surface area contributed by atoms with Gasteiger partial charge < -0.3 is 24.2 Å². The lowest BCUT2D eigenvalue weighted by Gasteiger charge is -2.34. The monoisotopic (exact) mass is 712 g/mol. The maximum Gasteiger partial charge on any atom is 0.416 e. The quantitative estimate of drug-likeness (QED) is 0.226. The second-order valence-electron chi connectivity index (χ2n) is 14.0. The molecule has 8 nitrogen and oxygen atoms in total. The van der Waals surface area contributed by atoms with Crippen LogP contribution < -0.4 is 4.74 Å². The average Bonchev–Trinajstić information content (AvgIpc) is 3.72. The van der Waals surface area contributed by atoms with Crippen LogP contribution in [0, 0.1) is 5.92 Å². The van der Waals surface area contributed by atoms with Crippen LogP contribution in [0.5, 0.6) is 5.75 Å². The van der Waals surface area contributed by atoms with E-state index < -0.39 is 41.1 Å². The first-order valence-corrected chi connectivity index (χ1v) is 17.3. The molecule has 12 heteroatoms. The number of alkyl halides is 4. The second kappa shape index (κ2) is 14.9. The number of hydrogen-bond donors (Lipinski definition) is 1. The molecule has 0 spiro atoms. The lowest BCUT2D eigenvalue weighted by Crippen LogP contribution is -2.50. The van der Waals surface area contributed by atoms with Gasteiger partial charge in [0, 0.05) is 64.2 Å². The molecule has 1 amide bonds. The van der Waals surface area contributed by atoms with Crippen LogP contribution in [0.25, 0.3) is 11.1 Å². The summed E-state index contributed by atoms with van der Waals surface area (Å²) in [6.07, 6.45) is -1.06. The summed E-state index contributed by atoms with van der Waals surface area (Å²) in [5, 5.41) is 9.39. The molecule has 0 radical (unpaired) electrons. The Labute approximate surface area is 295 Å². The van der Waals surface area contributed by atoms with E-state index in [4.69, 9.17) is 14.2 Å². The van der Waals surface area contributed by atoms with Gasteiger partial charge in [0.2, 0.25) is 5.67 Å². The summed E-state index contributed by atoms with van der Waals surface area (Å²) in [5.41, 5.74) is -1.20. The smallest absolute Gasteiger partial charge is 0.416 e. The Morgan fingerprint density at radius 3 is 2.18 bits per heavy atom. The minimum absolute atomic E-state index is 0.000759. The predicted molar refractivity (Wildman–Crippen MR) is 183 cm³/mol. The number of amides is 1. The molecule has 2 heterocycles. The maximum absolute atomic E-state index is 17.8. The molecule has 0 bridgehead atoms. The van der Waals surface area contributed by atoms with E-state index in [0.29, 0.717) is 29.0 Å². The molecule has 2 aliphatic heterocycles. The summed E-state index contributed by atoms with van der Waals surface area (Å²) in [6, 6.07) is 16.4. The van der Waals surface area contributed by atoms with Gasteiger partial charge in [-0.1, -0.05) is 30.3 Å². The number of nitrogens with zero attached hydrogens (tertiary/aromatic N) is 2. The van der Waals surface area contributed by atoms with E-state index in [1.54, 1.807) is 38.5 Å². The lowest BCUT2D eigenvalue weighted by molar-refractivity contribution is -0.143. The van der Waals surface area contributed by atoms with Crippen LogP contribution in [0.2, 0.25) is 0 Å². The normalized spacial score (nSPS) is 27.1.